The Morgan fingerprint density at radius 3 is 2.65 bits per heavy atom. The molecule has 1 N–H and O–H groups in total. The van der Waals surface area contributed by atoms with Crippen LogP contribution in [0, 0.1) is 5.92 Å². The van der Waals surface area contributed by atoms with Crippen LogP contribution in [0.1, 0.15) is 54.5 Å². The average molecular weight is 463 g/mol. The number of benzene rings is 1. The molecule has 2 aliphatic rings. The van der Waals surface area contributed by atoms with Gasteiger partial charge in [0.15, 0.2) is 5.13 Å². The monoisotopic (exact) mass is 462 g/mol. The van der Waals surface area contributed by atoms with Crippen LogP contribution < -0.4 is 5.32 Å². The molecule has 168 valence electrons. The van der Waals surface area contributed by atoms with E-state index in [0.717, 1.165) is 38.0 Å². The fourth-order valence-electron chi connectivity index (χ4n) is 4.17. The molecule has 0 saturated carbocycles. The highest BCUT2D eigenvalue weighted by Gasteiger charge is 2.29. The number of carbonyl (C=O) groups excluding carboxylic acids is 1. The minimum Gasteiger partial charge on any atom is -0.298 e. The van der Waals surface area contributed by atoms with Crippen LogP contribution in [0.3, 0.4) is 0 Å². The topological polar surface area (TPSA) is 82.6 Å². The van der Waals surface area contributed by atoms with E-state index in [1.165, 1.54) is 28.3 Å². The van der Waals surface area contributed by atoms with Gasteiger partial charge in [0.1, 0.15) is 0 Å². The van der Waals surface area contributed by atoms with E-state index >= 15 is 0 Å². The quantitative estimate of drug-likeness (QED) is 0.734. The van der Waals surface area contributed by atoms with Gasteiger partial charge >= 0.3 is 0 Å². The number of aromatic nitrogens is 1. The molecule has 1 unspecified atom stereocenters. The number of piperidine rings is 1. The molecule has 1 atom stereocenters. The molecule has 0 bridgehead atoms. The molecule has 9 heteroatoms. The van der Waals surface area contributed by atoms with Crippen LogP contribution in [-0.4, -0.2) is 54.2 Å². The molecule has 1 saturated heterocycles. The van der Waals surface area contributed by atoms with Gasteiger partial charge in [0.2, 0.25) is 10.0 Å². The first kappa shape index (κ1) is 22.4. The van der Waals surface area contributed by atoms with E-state index in [1.54, 1.807) is 16.4 Å². The average Bonchev–Trinajstić information content (AvgIpc) is 3.15. The van der Waals surface area contributed by atoms with Gasteiger partial charge in [0, 0.05) is 49.1 Å². The third kappa shape index (κ3) is 4.84. The molecular formula is C22H30N4O3S2. The summed E-state index contributed by atoms with van der Waals surface area (Å²) < 4.78 is 27.4. The Kier molecular flexibility index (Phi) is 6.48. The minimum absolute atomic E-state index is 0.233. The number of sulfonamides is 1. The molecular weight excluding hydrogens is 432 g/mol. The zero-order valence-electron chi connectivity index (χ0n) is 18.3. The van der Waals surface area contributed by atoms with Crippen molar-refractivity contribution in [1.82, 2.24) is 14.2 Å². The van der Waals surface area contributed by atoms with Gasteiger partial charge in [-0.15, -0.1) is 11.3 Å². The predicted molar refractivity (Wildman–Crippen MR) is 123 cm³/mol. The van der Waals surface area contributed by atoms with Crippen molar-refractivity contribution < 1.29 is 13.2 Å². The number of hydrogen-bond acceptors (Lipinski definition) is 6. The number of fused-ring (bicyclic) bond motifs is 1. The van der Waals surface area contributed by atoms with Crippen LogP contribution in [0.5, 0.6) is 0 Å². The molecule has 1 amide bonds. The van der Waals surface area contributed by atoms with Gasteiger partial charge in [-0.1, -0.05) is 6.92 Å². The molecule has 1 fully saturated rings. The summed E-state index contributed by atoms with van der Waals surface area (Å²) in [6.45, 7) is 9.39. The second-order valence-corrected chi connectivity index (χ2v) is 11.8. The van der Waals surface area contributed by atoms with Crippen molar-refractivity contribution >= 4 is 32.4 Å². The van der Waals surface area contributed by atoms with Gasteiger partial charge in [0.05, 0.1) is 10.6 Å². The smallest absolute Gasteiger partial charge is 0.257 e. The number of thiazole rings is 1. The van der Waals surface area contributed by atoms with E-state index in [1.807, 2.05) is 0 Å². The van der Waals surface area contributed by atoms with Crippen molar-refractivity contribution in [3.63, 3.8) is 0 Å². The molecule has 2 aliphatic heterocycles. The highest BCUT2D eigenvalue weighted by atomic mass is 32.2. The van der Waals surface area contributed by atoms with E-state index in [4.69, 9.17) is 0 Å². The fourth-order valence-corrected chi connectivity index (χ4v) is 6.80. The molecule has 3 heterocycles. The highest BCUT2D eigenvalue weighted by Crippen LogP contribution is 2.29. The Morgan fingerprint density at radius 2 is 1.97 bits per heavy atom. The second-order valence-electron chi connectivity index (χ2n) is 8.79. The van der Waals surface area contributed by atoms with Gasteiger partial charge in [-0.2, -0.15) is 4.31 Å². The molecule has 4 rings (SSSR count). The maximum Gasteiger partial charge on any atom is 0.257 e. The van der Waals surface area contributed by atoms with Crippen molar-refractivity contribution in [2.24, 2.45) is 5.92 Å². The Balaban J connectivity index is 1.43. The molecule has 2 aromatic rings. The summed E-state index contributed by atoms with van der Waals surface area (Å²) >= 11 is 1.52. The molecule has 0 radical (unpaired) electrons. The summed E-state index contributed by atoms with van der Waals surface area (Å²) in [6.07, 6.45) is 2.83. The van der Waals surface area contributed by atoms with Gasteiger partial charge < -0.3 is 0 Å². The Bertz CT molecular complexity index is 1050. The van der Waals surface area contributed by atoms with Gasteiger partial charge in [-0.25, -0.2) is 13.4 Å². The number of nitrogens with one attached hydrogen (secondary N) is 1. The van der Waals surface area contributed by atoms with E-state index < -0.39 is 10.0 Å². The van der Waals surface area contributed by atoms with Crippen LogP contribution >= 0.6 is 11.3 Å². The maximum absolute atomic E-state index is 12.9. The van der Waals surface area contributed by atoms with Gasteiger partial charge in [-0.05, 0) is 56.9 Å². The largest absolute Gasteiger partial charge is 0.298 e. The number of hydrogen-bond donors (Lipinski definition) is 1. The molecule has 0 aliphatic carbocycles. The van der Waals surface area contributed by atoms with Gasteiger partial charge in [-0.3, -0.25) is 15.0 Å². The number of nitrogens with zero attached hydrogens (tertiary/aromatic N) is 3. The standard InChI is InChI=1S/C22H30N4O3S2/c1-15(2)25-12-10-19-20(14-25)30-22(23-19)24-21(27)17-6-8-18(9-7-17)31(28,29)26-11-4-5-16(3)13-26/h6-9,15-16H,4-5,10-14H2,1-3H3,(H,23,24,27). The van der Waals surface area contributed by atoms with Crippen LogP contribution in [0.2, 0.25) is 0 Å². The van der Waals surface area contributed by atoms with Crippen molar-refractivity contribution in [3.8, 4) is 0 Å². The van der Waals surface area contributed by atoms with Crippen molar-refractivity contribution in [3.05, 3.63) is 40.4 Å². The first-order valence-corrected chi connectivity index (χ1v) is 13.1. The third-order valence-electron chi connectivity index (χ3n) is 6.09. The minimum atomic E-state index is -3.52. The number of anilines is 1. The lowest BCUT2D eigenvalue weighted by molar-refractivity contribution is 0.102. The molecule has 0 spiro atoms. The summed E-state index contributed by atoms with van der Waals surface area (Å²) in [5.41, 5.74) is 1.48. The maximum atomic E-state index is 12.9. The number of rotatable bonds is 5. The number of amides is 1. The summed E-state index contributed by atoms with van der Waals surface area (Å²) in [5, 5.41) is 3.47. The second kappa shape index (κ2) is 8.97. The first-order valence-electron chi connectivity index (χ1n) is 10.9. The Labute approximate surface area is 188 Å². The van der Waals surface area contributed by atoms with Crippen molar-refractivity contribution in [1.29, 1.82) is 0 Å². The zero-order valence-corrected chi connectivity index (χ0v) is 19.9. The molecule has 31 heavy (non-hydrogen) atoms. The number of carbonyl (C=O) groups is 1. The molecule has 1 aromatic heterocycles. The SMILES string of the molecule is CC1CCCN(S(=O)(=O)c2ccc(C(=O)Nc3nc4c(s3)CN(C(C)C)CC4)cc2)C1. The van der Waals surface area contributed by atoms with Crippen LogP contribution in [0.25, 0.3) is 0 Å². The molecule has 7 nitrogen and oxygen atoms in total. The highest BCUT2D eigenvalue weighted by molar-refractivity contribution is 7.89. The normalized spacial score (nSPS) is 20.6. The van der Waals surface area contributed by atoms with Crippen LogP contribution in [0.15, 0.2) is 29.2 Å². The Hall–Kier alpha value is -1.81. The zero-order chi connectivity index (χ0) is 22.2. The third-order valence-corrected chi connectivity index (χ3v) is 8.96. The summed E-state index contributed by atoms with van der Waals surface area (Å²) in [5.74, 6) is 0.0904. The fraction of sp³-hybridized carbons (Fsp3) is 0.545. The first-order chi connectivity index (χ1) is 14.7. The molecule has 1 aromatic carbocycles. The van der Waals surface area contributed by atoms with Gasteiger partial charge in [0.25, 0.3) is 5.91 Å². The lowest BCUT2D eigenvalue weighted by atomic mass is 10.0. The van der Waals surface area contributed by atoms with Crippen molar-refractivity contribution in [2.45, 2.75) is 57.5 Å². The van der Waals surface area contributed by atoms with Crippen LogP contribution in [-0.2, 0) is 23.0 Å². The summed E-state index contributed by atoms with van der Waals surface area (Å²) in [7, 11) is -3.52. The van der Waals surface area contributed by atoms with Crippen LogP contribution in [0.4, 0.5) is 5.13 Å². The Morgan fingerprint density at radius 1 is 1.23 bits per heavy atom. The van der Waals surface area contributed by atoms with E-state index in [9.17, 15) is 13.2 Å². The lowest BCUT2D eigenvalue weighted by Crippen LogP contribution is -2.39. The van der Waals surface area contributed by atoms with E-state index in [-0.39, 0.29) is 10.8 Å². The van der Waals surface area contributed by atoms with Crippen molar-refractivity contribution in [2.75, 3.05) is 25.0 Å². The van der Waals surface area contributed by atoms with E-state index in [2.05, 4.69) is 36.0 Å². The predicted octanol–water partition coefficient (Wildman–Crippen LogP) is 3.58. The lowest BCUT2D eigenvalue weighted by Gasteiger charge is -2.30. The summed E-state index contributed by atoms with van der Waals surface area (Å²) in [6, 6.07) is 6.68. The summed E-state index contributed by atoms with van der Waals surface area (Å²) in [4.78, 5) is 21.1. The van der Waals surface area contributed by atoms with E-state index in [0.29, 0.717) is 35.7 Å².